The third-order valence-electron chi connectivity index (χ3n) is 2.17. The Bertz CT molecular complexity index is 338. The van der Waals surface area contributed by atoms with E-state index in [0.717, 1.165) is 0 Å². The van der Waals surface area contributed by atoms with Crippen LogP contribution < -0.4 is 5.32 Å². The van der Waals surface area contributed by atoms with E-state index in [1.165, 1.54) is 13.3 Å². The first-order chi connectivity index (χ1) is 7.65. The van der Waals surface area contributed by atoms with Gasteiger partial charge in [0.1, 0.15) is 5.69 Å². The fraction of sp³-hybridized carbons (Fsp3) is 0.600. The van der Waals surface area contributed by atoms with Gasteiger partial charge in [-0.1, -0.05) is 0 Å². The number of nitrogens with zero attached hydrogens (tertiary/aromatic N) is 2. The van der Waals surface area contributed by atoms with Crippen LogP contribution in [0.4, 0.5) is 0 Å². The number of ether oxygens (including phenoxy) is 1. The van der Waals surface area contributed by atoms with Gasteiger partial charge in [-0.2, -0.15) is 0 Å². The van der Waals surface area contributed by atoms with Crippen LogP contribution in [0.3, 0.4) is 0 Å². The van der Waals surface area contributed by atoms with Crippen molar-refractivity contribution in [1.82, 2.24) is 14.9 Å². The monoisotopic (exact) mass is 227 g/mol. The van der Waals surface area contributed by atoms with Crippen molar-refractivity contribution in [2.75, 3.05) is 20.3 Å². The van der Waals surface area contributed by atoms with Crippen molar-refractivity contribution in [1.29, 1.82) is 0 Å². The van der Waals surface area contributed by atoms with Crippen molar-refractivity contribution in [3.05, 3.63) is 18.2 Å². The molecule has 6 nitrogen and oxygen atoms in total. The molecular formula is C10H17N3O3. The number of aryl methyl sites for hydroxylation is 1. The Labute approximate surface area is 94.2 Å². The Morgan fingerprint density at radius 3 is 3.06 bits per heavy atom. The molecule has 6 heteroatoms. The summed E-state index contributed by atoms with van der Waals surface area (Å²) < 4.78 is 6.42. The van der Waals surface area contributed by atoms with E-state index in [1.807, 2.05) is 0 Å². The molecule has 1 atom stereocenters. The Balaban J connectivity index is 2.29. The smallest absolute Gasteiger partial charge is 0.269 e. The number of amides is 1. The van der Waals surface area contributed by atoms with Gasteiger partial charge in [0.2, 0.25) is 0 Å². The van der Waals surface area contributed by atoms with E-state index in [0.29, 0.717) is 18.7 Å². The number of rotatable bonds is 6. The molecule has 1 heterocycles. The fourth-order valence-corrected chi connectivity index (χ4v) is 1.29. The maximum Gasteiger partial charge on any atom is 0.269 e. The van der Waals surface area contributed by atoms with Crippen molar-refractivity contribution in [2.45, 2.75) is 12.5 Å². The summed E-state index contributed by atoms with van der Waals surface area (Å²) in [4.78, 5) is 15.4. The highest BCUT2D eigenvalue weighted by atomic mass is 16.5. The molecule has 1 amide bonds. The van der Waals surface area contributed by atoms with E-state index in [-0.39, 0.29) is 12.5 Å². The zero-order valence-electron chi connectivity index (χ0n) is 9.51. The molecule has 1 aromatic heterocycles. The minimum atomic E-state index is -0.545. The molecule has 0 radical (unpaired) electrons. The summed E-state index contributed by atoms with van der Waals surface area (Å²) in [5.74, 6) is -0.190. The lowest BCUT2D eigenvalue weighted by atomic mass is 10.2. The minimum absolute atomic E-state index is 0.190. The first-order valence-corrected chi connectivity index (χ1v) is 5.06. The Morgan fingerprint density at radius 2 is 2.50 bits per heavy atom. The van der Waals surface area contributed by atoms with Crippen LogP contribution in [-0.4, -0.2) is 46.9 Å². The standard InChI is InChI=1S/C10H17N3O3/c1-13-7-11-5-9(13)10(15)12-4-3-8(14)6-16-2/h5,7-8,14H,3-4,6H2,1-2H3,(H,12,15). The average Bonchev–Trinajstić information content (AvgIpc) is 2.64. The summed E-state index contributed by atoms with van der Waals surface area (Å²) in [6.45, 7) is 0.691. The van der Waals surface area contributed by atoms with Gasteiger partial charge in [-0.25, -0.2) is 4.98 Å². The summed E-state index contributed by atoms with van der Waals surface area (Å²) in [6, 6.07) is 0. The maximum atomic E-state index is 11.6. The first-order valence-electron chi connectivity index (χ1n) is 5.06. The zero-order valence-corrected chi connectivity index (χ0v) is 9.51. The molecular weight excluding hydrogens is 210 g/mol. The third kappa shape index (κ3) is 3.63. The second-order valence-electron chi connectivity index (χ2n) is 3.54. The van der Waals surface area contributed by atoms with Gasteiger partial charge < -0.3 is 19.7 Å². The van der Waals surface area contributed by atoms with E-state index < -0.39 is 6.10 Å². The first kappa shape index (κ1) is 12.7. The second kappa shape index (κ2) is 6.24. The number of aromatic nitrogens is 2. The molecule has 0 saturated carbocycles. The predicted molar refractivity (Wildman–Crippen MR) is 58.0 cm³/mol. The van der Waals surface area contributed by atoms with Crippen LogP contribution in [0.1, 0.15) is 16.9 Å². The molecule has 1 unspecified atom stereocenters. The van der Waals surface area contributed by atoms with Crippen molar-refractivity contribution in [3.63, 3.8) is 0 Å². The number of carbonyl (C=O) groups excluding carboxylic acids is 1. The molecule has 0 aliphatic rings. The van der Waals surface area contributed by atoms with Gasteiger partial charge in [0, 0.05) is 20.7 Å². The number of imidazole rings is 1. The zero-order chi connectivity index (χ0) is 12.0. The van der Waals surface area contributed by atoms with Crippen LogP contribution in [-0.2, 0) is 11.8 Å². The van der Waals surface area contributed by atoms with Crippen LogP contribution in [0, 0.1) is 0 Å². The van der Waals surface area contributed by atoms with E-state index in [9.17, 15) is 9.90 Å². The highest BCUT2D eigenvalue weighted by molar-refractivity contribution is 5.92. The Hall–Kier alpha value is -1.40. The summed E-state index contributed by atoms with van der Waals surface area (Å²) >= 11 is 0. The van der Waals surface area contributed by atoms with E-state index in [4.69, 9.17) is 4.74 Å². The Morgan fingerprint density at radius 1 is 1.75 bits per heavy atom. The maximum absolute atomic E-state index is 11.6. The number of aliphatic hydroxyl groups is 1. The molecule has 0 saturated heterocycles. The number of hydrogen-bond acceptors (Lipinski definition) is 4. The molecule has 0 fully saturated rings. The van der Waals surface area contributed by atoms with Crippen LogP contribution in [0.15, 0.2) is 12.5 Å². The second-order valence-corrected chi connectivity index (χ2v) is 3.54. The van der Waals surface area contributed by atoms with Crippen LogP contribution in [0.5, 0.6) is 0 Å². The summed E-state index contributed by atoms with van der Waals surface area (Å²) in [6.07, 6.45) is 2.99. The van der Waals surface area contributed by atoms with Gasteiger partial charge in [-0.05, 0) is 6.42 Å². The van der Waals surface area contributed by atoms with E-state index in [2.05, 4.69) is 10.3 Å². The molecule has 90 valence electrons. The molecule has 1 aromatic rings. The lowest BCUT2D eigenvalue weighted by Crippen LogP contribution is -2.29. The van der Waals surface area contributed by atoms with Gasteiger partial charge in [0.15, 0.2) is 0 Å². The topological polar surface area (TPSA) is 76.4 Å². The minimum Gasteiger partial charge on any atom is -0.391 e. The molecule has 16 heavy (non-hydrogen) atoms. The van der Waals surface area contributed by atoms with Gasteiger partial charge >= 0.3 is 0 Å². The Kier molecular flexibility index (Phi) is 4.94. The molecule has 0 aromatic carbocycles. The number of hydrogen-bond donors (Lipinski definition) is 2. The molecule has 0 aliphatic heterocycles. The average molecular weight is 227 g/mol. The van der Waals surface area contributed by atoms with Gasteiger partial charge in [0.05, 0.1) is 25.2 Å². The SMILES string of the molecule is COCC(O)CCNC(=O)c1cncn1C. The number of methoxy groups -OCH3 is 1. The van der Waals surface area contributed by atoms with Crippen molar-refractivity contribution in [2.24, 2.45) is 7.05 Å². The van der Waals surface area contributed by atoms with Crippen molar-refractivity contribution >= 4 is 5.91 Å². The predicted octanol–water partition coefficient (Wildman–Crippen LogP) is -0.453. The molecule has 0 aliphatic carbocycles. The fourth-order valence-electron chi connectivity index (χ4n) is 1.29. The van der Waals surface area contributed by atoms with Crippen LogP contribution >= 0.6 is 0 Å². The third-order valence-corrected chi connectivity index (χ3v) is 2.17. The highest BCUT2D eigenvalue weighted by Crippen LogP contribution is 1.96. The molecule has 0 spiro atoms. The quantitative estimate of drug-likeness (QED) is 0.690. The number of nitrogens with one attached hydrogen (secondary N) is 1. The van der Waals surface area contributed by atoms with E-state index >= 15 is 0 Å². The number of carbonyl (C=O) groups is 1. The normalized spacial score (nSPS) is 12.4. The summed E-state index contributed by atoms with van der Waals surface area (Å²) in [5, 5.41) is 12.1. The summed E-state index contributed by atoms with van der Waals surface area (Å²) in [7, 11) is 3.28. The van der Waals surface area contributed by atoms with Gasteiger partial charge in [-0.15, -0.1) is 0 Å². The van der Waals surface area contributed by atoms with Gasteiger partial charge in [-0.3, -0.25) is 4.79 Å². The summed E-state index contributed by atoms with van der Waals surface area (Å²) in [5.41, 5.74) is 0.501. The number of aliphatic hydroxyl groups excluding tert-OH is 1. The van der Waals surface area contributed by atoms with Crippen molar-refractivity contribution in [3.8, 4) is 0 Å². The van der Waals surface area contributed by atoms with Crippen LogP contribution in [0.2, 0.25) is 0 Å². The lowest BCUT2D eigenvalue weighted by Gasteiger charge is -2.10. The molecule has 2 N–H and O–H groups in total. The largest absolute Gasteiger partial charge is 0.391 e. The van der Waals surface area contributed by atoms with E-state index in [1.54, 1.807) is 17.9 Å². The van der Waals surface area contributed by atoms with Gasteiger partial charge in [0.25, 0.3) is 5.91 Å². The lowest BCUT2D eigenvalue weighted by molar-refractivity contribution is 0.0587. The van der Waals surface area contributed by atoms with Crippen LogP contribution in [0.25, 0.3) is 0 Å². The molecule has 0 bridgehead atoms. The highest BCUT2D eigenvalue weighted by Gasteiger charge is 2.09. The molecule has 1 rings (SSSR count). The van der Waals surface area contributed by atoms with Crippen molar-refractivity contribution < 1.29 is 14.6 Å².